The number of hydrogen-bond acceptors (Lipinski definition) is 2. The van der Waals surface area contributed by atoms with Crippen LogP contribution >= 0.6 is 0 Å². The molecule has 92 valence electrons. The Morgan fingerprint density at radius 2 is 1.84 bits per heavy atom. The zero-order valence-corrected chi connectivity index (χ0v) is 10.5. The molecule has 0 fully saturated rings. The first-order chi connectivity index (χ1) is 9.29. The normalized spacial score (nSPS) is 13.2. The van der Waals surface area contributed by atoms with Crippen molar-refractivity contribution in [2.24, 2.45) is 5.73 Å². The summed E-state index contributed by atoms with van der Waals surface area (Å²) >= 11 is 0. The summed E-state index contributed by atoms with van der Waals surface area (Å²) in [6.07, 6.45) is 0. The number of rotatable bonds is 2. The number of nitrogens with two attached hydrogens (primary N) is 1. The lowest BCUT2D eigenvalue weighted by Crippen LogP contribution is -2.23. The summed E-state index contributed by atoms with van der Waals surface area (Å²) < 4.78 is 2.11. The average Bonchev–Trinajstić information content (AvgIpc) is 2.77. The zero-order valence-electron chi connectivity index (χ0n) is 10.5. The maximum absolute atomic E-state index is 9.13. The second-order valence-electron chi connectivity index (χ2n) is 4.67. The van der Waals surface area contributed by atoms with Gasteiger partial charge in [-0.05, 0) is 12.1 Å². The van der Waals surface area contributed by atoms with E-state index in [9.17, 15) is 0 Å². The molecule has 0 unspecified atom stereocenters. The van der Waals surface area contributed by atoms with Crippen LogP contribution in [-0.4, -0.2) is 10.4 Å². The highest BCUT2D eigenvalue weighted by molar-refractivity contribution is 5.96. The Morgan fingerprint density at radius 3 is 2.63 bits per heavy atom. The van der Waals surface area contributed by atoms with Crippen LogP contribution in [0.25, 0.3) is 0 Å². The van der Waals surface area contributed by atoms with Gasteiger partial charge in [-0.1, -0.05) is 36.4 Å². The molecule has 19 heavy (non-hydrogen) atoms. The SMILES string of the molecule is N#Cc1ccccc1C[N+]1=C(N)c2ccccc2C1. The molecule has 0 aliphatic carbocycles. The third-order valence-electron chi connectivity index (χ3n) is 3.49. The summed E-state index contributed by atoms with van der Waals surface area (Å²) in [5, 5.41) is 9.13. The Morgan fingerprint density at radius 1 is 1.11 bits per heavy atom. The topological polar surface area (TPSA) is 52.8 Å². The molecule has 0 aromatic heterocycles. The molecule has 0 atom stereocenters. The molecule has 2 N–H and O–H groups in total. The van der Waals surface area contributed by atoms with Gasteiger partial charge in [-0.3, -0.25) is 10.3 Å². The first kappa shape index (κ1) is 11.5. The number of amidine groups is 1. The first-order valence-electron chi connectivity index (χ1n) is 6.23. The quantitative estimate of drug-likeness (QED) is 0.826. The molecule has 3 rings (SSSR count). The minimum Gasteiger partial charge on any atom is -0.287 e. The van der Waals surface area contributed by atoms with E-state index in [1.807, 2.05) is 42.5 Å². The summed E-state index contributed by atoms with van der Waals surface area (Å²) in [4.78, 5) is 0. The Bertz CT molecular complexity index is 708. The molecule has 0 saturated carbocycles. The van der Waals surface area contributed by atoms with Crippen molar-refractivity contribution in [3.05, 3.63) is 70.8 Å². The second kappa shape index (κ2) is 4.58. The van der Waals surface area contributed by atoms with Crippen LogP contribution in [0.15, 0.2) is 48.5 Å². The van der Waals surface area contributed by atoms with E-state index in [0.717, 1.165) is 23.5 Å². The molecule has 1 aliphatic heterocycles. The summed E-state index contributed by atoms with van der Waals surface area (Å²) in [5.74, 6) is 0.795. The molecule has 0 bridgehead atoms. The highest BCUT2D eigenvalue weighted by Gasteiger charge is 2.24. The van der Waals surface area contributed by atoms with Crippen LogP contribution in [-0.2, 0) is 13.1 Å². The maximum atomic E-state index is 9.13. The Balaban J connectivity index is 1.95. The standard InChI is InChI=1S/C16H13N3/c17-9-12-5-1-2-6-13(12)10-19-11-14-7-3-4-8-15(14)16(19)18/h1-8,18H,10-11H2/p+1. The molecule has 3 heteroatoms. The molecule has 2 aromatic carbocycles. The fourth-order valence-corrected chi connectivity index (χ4v) is 2.48. The molecular formula is C16H14N3+. The van der Waals surface area contributed by atoms with E-state index in [2.05, 4.69) is 16.7 Å². The van der Waals surface area contributed by atoms with E-state index in [1.165, 1.54) is 5.56 Å². The minimum absolute atomic E-state index is 0.671. The predicted octanol–water partition coefficient (Wildman–Crippen LogP) is 1.99. The molecule has 1 aliphatic rings. The van der Waals surface area contributed by atoms with Crippen molar-refractivity contribution in [2.45, 2.75) is 13.1 Å². The number of fused-ring (bicyclic) bond motifs is 1. The lowest BCUT2D eigenvalue weighted by atomic mass is 10.1. The van der Waals surface area contributed by atoms with Crippen LogP contribution < -0.4 is 5.73 Å². The number of hydrogen-bond donors (Lipinski definition) is 1. The van der Waals surface area contributed by atoms with Crippen molar-refractivity contribution in [1.29, 1.82) is 5.26 Å². The molecule has 0 amide bonds. The predicted molar refractivity (Wildman–Crippen MR) is 73.6 cm³/mol. The Labute approximate surface area is 112 Å². The summed E-state index contributed by atoms with van der Waals surface area (Å²) in [7, 11) is 0. The van der Waals surface area contributed by atoms with Crippen LogP contribution in [0.5, 0.6) is 0 Å². The number of nitrogens with zero attached hydrogens (tertiary/aromatic N) is 2. The van der Waals surface area contributed by atoms with Crippen LogP contribution in [0.1, 0.15) is 22.3 Å². The van der Waals surface area contributed by atoms with Gasteiger partial charge in [0.2, 0.25) is 0 Å². The van der Waals surface area contributed by atoms with Crippen molar-refractivity contribution in [3.8, 4) is 6.07 Å². The first-order valence-corrected chi connectivity index (χ1v) is 6.23. The average molecular weight is 248 g/mol. The van der Waals surface area contributed by atoms with Gasteiger partial charge >= 0.3 is 0 Å². The van der Waals surface area contributed by atoms with E-state index in [-0.39, 0.29) is 0 Å². The summed E-state index contributed by atoms with van der Waals surface area (Å²) in [6, 6.07) is 18.1. The summed E-state index contributed by atoms with van der Waals surface area (Å²) in [5.41, 5.74) is 10.3. The van der Waals surface area contributed by atoms with E-state index >= 15 is 0 Å². The molecule has 0 saturated heterocycles. The molecular weight excluding hydrogens is 234 g/mol. The minimum atomic E-state index is 0.671. The van der Waals surface area contributed by atoms with Crippen LogP contribution in [0.2, 0.25) is 0 Å². The lowest BCUT2D eigenvalue weighted by molar-refractivity contribution is -0.555. The highest BCUT2D eigenvalue weighted by Crippen LogP contribution is 2.19. The smallest absolute Gasteiger partial charge is 0.275 e. The van der Waals surface area contributed by atoms with Gasteiger partial charge in [-0.2, -0.15) is 5.26 Å². The van der Waals surface area contributed by atoms with E-state index < -0.39 is 0 Å². The van der Waals surface area contributed by atoms with E-state index in [0.29, 0.717) is 12.1 Å². The van der Waals surface area contributed by atoms with Gasteiger partial charge in [0.25, 0.3) is 5.84 Å². The van der Waals surface area contributed by atoms with Crippen molar-refractivity contribution < 1.29 is 4.58 Å². The number of nitriles is 1. The fraction of sp³-hybridized carbons (Fsp3) is 0.125. The Kier molecular flexibility index (Phi) is 2.77. The Hall–Kier alpha value is -2.60. The van der Waals surface area contributed by atoms with Gasteiger partial charge in [-0.25, -0.2) is 0 Å². The highest BCUT2D eigenvalue weighted by atomic mass is 15.1. The van der Waals surface area contributed by atoms with Gasteiger partial charge in [0.15, 0.2) is 0 Å². The van der Waals surface area contributed by atoms with Crippen molar-refractivity contribution >= 4 is 5.84 Å². The van der Waals surface area contributed by atoms with Crippen LogP contribution in [0, 0.1) is 11.3 Å². The van der Waals surface area contributed by atoms with E-state index in [1.54, 1.807) is 0 Å². The second-order valence-corrected chi connectivity index (χ2v) is 4.67. The van der Waals surface area contributed by atoms with Gasteiger partial charge in [0.05, 0.1) is 17.2 Å². The van der Waals surface area contributed by atoms with Crippen molar-refractivity contribution in [3.63, 3.8) is 0 Å². The van der Waals surface area contributed by atoms with Crippen LogP contribution in [0.3, 0.4) is 0 Å². The van der Waals surface area contributed by atoms with Gasteiger partial charge in [-0.15, -0.1) is 0 Å². The van der Waals surface area contributed by atoms with Gasteiger partial charge in [0.1, 0.15) is 13.1 Å². The fourth-order valence-electron chi connectivity index (χ4n) is 2.48. The maximum Gasteiger partial charge on any atom is 0.275 e. The monoisotopic (exact) mass is 248 g/mol. The lowest BCUT2D eigenvalue weighted by Gasteiger charge is -2.05. The molecule has 3 nitrogen and oxygen atoms in total. The summed E-state index contributed by atoms with van der Waals surface area (Å²) in [6.45, 7) is 1.48. The number of benzene rings is 2. The largest absolute Gasteiger partial charge is 0.287 e. The van der Waals surface area contributed by atoms with Crippen molar-refractivity contribution in [1.82, 2.24) is 0 Å². The molecule has 2 aromatic rings. The third kappa shape index (κ3) is 1.98. The molecule has 0 radical (unpaired) electrons. The third-order valence-corrected chi connectivity index (χ3v) is 3.49. The molecule has 1 heterocycles. The van der Waals surface area contributed by atoms with Gasteiger partial charge in [0, 0.05) is 11.1 Å². The van der Waals surface area contributed by atoms with Gasteiger partial charge < -0.3 is 0 Å². The zero-order chi connectivity index (χ0) is 13.2. The van der Waals surface area contributed by atoms with Crippen molar-refractivity contribution in [2.75, 3.05) is 0 Å². The van der Waals surface area contributed by atoms with E-state index in [4.69, 9.17) is 11.0 Å². The van der Waals surface area contributed by atoms with Crippen LogP contribution in [0.4, 0.5) is 0 Å². The molecule has 0 spiro atoms.